The molecule has 0 fully saturated rings. The molecule has 0 aliphatic rings. The molecular weight excluding hydrogens is 190 g/mol. The largest absolute Gasteiger partial charge is 0.478 e. The molecule has 0 saturated heterocycles. The number of carbonyl (C=O) groups is 1. The van der Waals surface area contributed by atoms with Gasteiger partial charge in [0.25, 0.3) is 0 Å². The van der Waals surface area contributed by atoms with E-state index in [4.69, 9.17) is 5.11 Å². The van der Waals surface area contributed by atoms with Crippen molar-refractivity contribution in [3.05, 3.63) is 42.0 Å². The molecule has 80 valence electrons. The zero-order chi connectivity index (χ0) is 11.3. The second-order valence-corrected chi connectivity index (χ2v) is 3.41. The van der Waals surface area contributed by atoms with Gasteiger partial charge in [0.05, 0.1) is 0 Å². The minimum Gasteiger partial charge on any atom is -0.478 e. The van der Waals surface area contributed by atoms with Crippen molar-refractivity contribution in [3.8, 4) is 0 Å². The molecular formula is C12H15NO2. The smallest absolute Gasteiger partial charge is 0.328 e. The first kappa shape index (κ1) is 11.3. The third-order valence-electron chi connectivity index (χ3n) is 2.17. The molecule has 3 heteroatoms. The van der Waals surface area contributed by atoms with Gasteiger partial charge < -0.3 is 10.0 Å². The summed E-state index contributed by atoms with van der Waals surface area (Å²) in [5, 5.41) is 8.45. The maximum Gasteiger partial charge on any atom is 0.328 e. The van der Waals surface area contributed by atoms with E-state index in [1.807, 2.05) is 43.1 Å². The lowest BCUT2D eigenvalue weighted by Gasteiger charge is -2.19. The van der Waals surface area contributed by atoms with Crippen LogP contribution in [0.4, 0.5) is 5.69 Å². The van der Waals surface area contributed by atoms with Crippen molar-refractivity contribution in [2.24, 2.45) is 0 Å². The van der Waals surface area contributed by atoms with E-state index in [9.17, 15) is 4.79 Å². The normalized spacial score (nSPS) is 10.5. The quantitative estimate of drug-likeness (QED) is 0.765. The van der Waals surface area contributed by atoms with Crippen molar-refractivity contribution in [1.82, 2.24) is 0 Å². The first-order valence-electron chi connectivity index (χ1n) is 4.77. The van der Waals surface area contributed by atoms with Crippen molar-refractivity contribution in [2.45, 2.75) is 6.92 Å². The van der Waals surface area contributed by atoms with Crippen molar-refractivity contribution >= 4 is 11.7 Å². The van der Waals surface area contributed by atoms with E-state index in [-0.39, 0.29) is 0 Å². The minimum absolute atomic E-state index is 0.594. The molecule has 0 aliphatic heterocycles. The van der Waals surface area contributed by atoms with Crippen molar-refractivity contribution in [1.29, 1.82) is 0 Å². The van der Waals surface area contributed by atoms with Crippen LogP contribution in [0.25, 0.3) is 0 Å². The molecule has 0 radical (unpaired) electrons. The molecule has 1 rings (SSSR count). The van der Waals surface area contributed by atoms with Gasteiger partial charge in [-0.2, -0.15) is 0 Å². The molecule has 0 bridgehead atoms. The number of carboxylic acid groups (broad SMARTS) is 1. The third kappa shape index (κ3) is 3.46. The van der Waals surface area contributed by atoms with Crippen LogP contribution in [0.1, 0.15) is 5.56 Å². The fraction of sp³-hybridized carbons (Fsp3) is 0.250. The topological polar surface area (TPSA) is 40.5 Å². The van der Waals surface area contributed by atoms with Gasteiger partial charge in [-0.15, -0.1) is 0 Å². The summed E-state index contributed by atoms with van der Waals surface area (Å²) in [5.74, 6) is -0.909. The number of likely N-dealkylation sites (N-methyl/N-ethyl adjacent to an activating group) is 1. The standard InChI is InChI=1S/C12H15NO2/c1-10-6-3-4-7-11(10)13(2)9-5-8-12(14)15/h3-8H,9H2,1-2H3,(H,14,15)/b8-5+. The van der Waals surface area contributed by atoms with E-state index in [2.05, 4.69) is 0 Å². The van der Waals surface area contributed by atoms with Crippen molar-refractivity contribution in [3.63, 3.8) is 0 Å². The number of hydrogen-bond acceptors (Lipinski definition) is 2. The van der Waals surface area contributed by atoms with Gasteiger partial charge in [-0.1, -0.05) is 24.3 Å². The first-order chi connectivity index (χ1) is 7.11. The summed E-state index contributed by atoms with van der Waals surface area (Å²) in [7, 11) is 1.94. The molecule has 0 spiro atoms. The maximum atomic E-state index is 10.3. The Kier molecular flexibility index (Phi) is 3.92. The Labute approximate surface area is 89.6 Å². The molecule has 1 N–H and O–H groups in total. The van der Waals surface area contributed by atoms with Crippen LogP contribution in [0.5, 0.6) is 0 Å². The summed E-state index contributed by atoms with van der Waals surface area (Å²) in [6.45, 7) is 2.63. The monoisotopic (exact) mass is 205 g/mol. The zero-order valence-electron chi connectivity index (χ0n) is 8.97. The van der Waals surface area contributed by atoms with E-state index in [0.29, 0.717) is 6.54 Å². The predicted molar refractivity (Wildman–Crippen MR) is 61.2 cm³/mol. The Morgan fingerprint density at radius 1 is 1.47 bits per heavy atom. The van der Waals surface area contributed by atoms with Crippen LogP contribution in [0.2, 0.25) is 0 Å². The van der Waals surface area contributed by atoms with Gasteiger partial charge in [-0.25, -0.2) is 4.79 Å². The molecule has 15 heavy (non-hydrogen) atoms. The lowest BCUT2D eigenvalue weighted by atomic mass is 10.2. The highest BCUT2D eigenvalue weighted by Gasteiger charge is 2.00. The molecule has 0 saturated carbocycles. The van der Waals surface area contributed by atoms with Gasteiger partial charge in [0.15, 0.2) is 0 Å². The summed E-state index contributed by atoms with van der Waals surface area (Å²) in [5.41, 5.74) is 2.30. The van der Waals surface area contributed by atoms with Gasteiger partial charge in [0.1, 0.15) is 0 Å². The number of para-hydroxylation sites is 1. The second-order valence-electron chi connectivity index (χ2n) is 3.41. The van der Waals surface area contributed by atoms with Crippen LogP contribution < -0.4 is 4.90 Å². The summed E-state index contributed by atoms with van der Waals surface area (Å²) in [4.78, 5) is 12.3. The molecule has 0 amide bonds. The molecule has 1 aromatic rings. The Balaban J connectivity index is 2.65. The Morgan fingerprint density at radius 2 is 2.13 bits per heavy atom. The highest BCUT2D eigenvalue weighted by Crippen LogP contribution is 2.17. The fourth-order valence-corrected chi connectivity index (χ4v) is 1.40. The highest BCUT2D eigenvalue weighted by molar-refractivity contribution is 5.79. The number of aryl methyl sites for hydroxylation is 1. The summed E-state index contributed by atoms with van der Waals surface area (Å²) >= 11 is 0. The number of rotatable bonds is 4. The summed E-state index contributed by atoms with van der Waals surface area (Å²) in [6.07, 6.45) is 2.80. The molecule has 1 aromatic carbocycles. The fourth-order valence-electron chi connectivity index (χ4n) is 1.40. The second kappa shape index (κ2) is 5.20. The van der Waals surface area contributed by atoms with E-state index < -0.39 is 5.97 Å². The van der Waals surface area contributed by atoms with Crippen LogP contribution in [-0.2, 0) is 4.79 Å². The number of benzene rings is 1. The lowest BCUT2D eigenvalue weighted by molar-refractivity contribution is -0.131. The predicted octanol–water partition coefficient (Wildman–Crippen LogP) is 2.07. The Morgan fingerprint density at radius 3 is 2.73 bits per heavy atom. The van der Waals surface area contributed by atoms with E-state index in [1.165, 1.54) is 5.56 Å². The summed E-state index contributed by atoms with van der Waals surface area (Å²) < 4.78 is 0. The van der Waals surface area contributed by atoms with E-state index in [0.717, 1.165) is 11.8 Å². The SMILES string of the molecule is Cc1ccccc1N(C)C/C=C/C(=O)O. The van der Waals surface area contributed by atoms with Gasteiger partial charge >= 0.3 is 5.97 Å². The lowest BCUT2D eigenvalue weighted by Crippen LogP contribution is -2.17. The van der Waals surface area contributed by atoms with Crippen molar-refractivity contribution in [2.75, 3.05) is 18.5 Å². The maximum absolute atomic E-state index is 10.3. The average molecular weight is 205 g/mol. The van der Waals surface area contributed by atoms with Crippen LogP contribution >= 0.6 is 0 Å². The zero-order valence-corrected chi connectivity index (χ0v) is 8.97. The Hall–Kier alpha value is -1.77. The van der Waals surface area contributed by atoms with E-state index >= 15 is 0 Å². The van der Waals surface area contributed by atoms with Gasteiger partial charge in [0.2, 0.25) is 0 Å². The molecule has 3 nitrogen and oxygen atoms in total. The molecule has 0 heterocycles. The third-order valence-corrected chi connectivity index (χ3v) is 2.17. The van der Waals surface area contributed by atoms with Gasteiger partial charge in [-0.05, 0) is 18.6 Å². The van der Waals surface area contributed by atoms with Gasteiger partial charge in [0, 0.05) is 25.4 Å². The number of hydrogen-bond donors (Lipinski definition) is 1. The molecule has 0 aliphatic carbocycles. The highest BCUT2D eigenvalue weighted by atomic mass is 16.4. The van der Waals surface area contributed by atoms with Crippen LogP contribution in [0.3, 0.4) is 0 Å². The minimum atomic E-state index is -0.909. The molecule has 0 atom stereocenters. The Bertz CT molecular complexity index is 372. The van der Waals surface area contributed by atoms with Crippen LogP contribution in [0, 0.1) is 6.92 Å². The number of aliphatic carboxylic acids is 1. The number of carboxylic acids is 1. The molecule has 0 aromatic heterocycles. The van der Waals surface area contributed by atoms with E-state index in [1.54, 1.807) is 6.08 Å². The van der Waals surface area contributed by atoms with Gasteiger partial charge in [-0.3, -0.25) is 0 Å². The number of nitrogens with zero attached hydrogens (tertiary/aromatic N) is 1. The van der Waals surface area contributed by atoms with Crippen molar-refractivity contribution < 1.29 is 9.90 Å². The molecule has 0 unspecified atom stereocenters. The first-order valence-corrected chi connectivity index (χ1v) is 4.77. The van der Waals surface area contributed by atoms with Crippen LogP contribution in [0.15, 0.2) is 36.4 Å². The number of anilines is 1. The average Bonchev–Trinajstić information content (AvgIpc) is 2.17. The summed E-state index contributed by atoms with van der Waals surface area (Å²) in [6, 6.07) is 8.01. The van der Waals surface area contributed by atoms with Crippen LogP contribution in [-0.4, -0.2) is 24.7 Å².